The molecule has 0 saturated heterocycles. The number of nitrogens with zero attached hydrogens (tertiary/aromatic N) is 1. The molecule has 0 N–H and O–H groups in total. The van der Waals surface area contributed by atoms with E-state index in [-0.39, 0.29) is 18.7 Å². The smallest absolute Gasteiger partial charge is 0.327 e. The Hall–Kier alpha value is -1.68. The van der Waals surface area contributed by atoms with Crippen molar-refractivity contribution in [1.29, 1.82) is 0 Å². The Kier molecular flexibility index (Phi) is 5.36. The lowest BCUT2D eigenvalue weighted by atomic mass is 10.1. The Bertz CT molecular complexity index is 426. The highest BCUT2D eigenvalue weighted by Crippen LogP contribution is 2.10. The zero-order valence-corrected chi connectivity index (χ0v) is 10.1. The number of ether oxygens (including phenoxy) is 1. The molecule has 1 aromatic carbocycles. The van der Waals surface area contributed by atoms with Gasteiger partial charge in [0.05, 0.1) is 7.11 Å². The minimum atomic E-state index is -0.430. The maximum atomic E-state index is 11.6. The second kappa shape index (κ2) is 6.81. The number of carbonyl (C=O) groups is 2. The second-order valence-corrected chi connectivity index (χ2v) is 3.67. The number of esters is 1. The SMILES string of the molecule is COC(=O)CN=CCC(=O)c1ccc(Cl)cc1. The molecule has 0 spiro atoms. The van der Waals surface area contributed by atoms with E-state index in [4.69, 9.17) is 11.6 Å². The number of hydrogen-bond acceptors (Lipinski definition) is 4. The summed E-state index contributed by atoms with van der Waals surface area (Å²) in [6.45, 7) is -0.0651. The fourth-order valence-electron chi connectivity index (χ4n) is 1.10. The molecule has 0 bridgehead atoms. The summed E-state index contributed by atoms with van der Waals surface area (Å²) in [6, 6.07) is 6.61. The Morgan fingerprint density at radius 3 is 2.59 bits per heavy atom. The van der Waals surface area contributed by atoms with Gasteiger partial charge in [0.15, 0.2) is 5.78 Å². The molecule has 0 aromatic heterocycles. The van der Waals surface area contributed by atoms with Crippen molar-refractivity contribution < 1.29 is 14.3 Å². The van der Waals surface area contributed by atoms with Gasteiger partial charge in [-0.25, -0.2) is 0 Å². The van der Waals surface area contributed by atoms with Crippen molar-refractivity contribution >= 4 is 29.6 Å². The number of rotatable bonds is 5. The molecule has 1 rings (SSSR count). The molecule has 0 aliphatic rings. The fraction of sp³-hybridized carbons (Fsp3) is 0.250. The van der Waals surface area contributed by atoms with E-state index in [0.717, 1.165) is 0 Å². The lowest BCUT2D eigenvalue weighted by Gasteiger charge is -1.97. The number of benzene rings is 1. The van der Waals surface area contributed by atoms with Crippen LogP contribution in [0.2, 0.25) is 5.02 Å². The van der Waals surface area contributed by atoms with E-state index < -0.39 is 5.97 Å². The highest BCUT2D eigenvalue weighted by atomic mass is 35.5. The number of halogens is 1. The molecule has 0 amide bonds. The van der Waals surface area contributed by atoms with Crippen LogP contribution >= 0.6 is 11.6 Å². The summed E-state index contributed by atoms with van der Waals surface area (Å²) in [4.78, 5) is 26.1. The largest absolute Gasteiger partial charge is 0.468 e. The van der Waals surface area contributed by atoms with Crippen LogP contribution in [-0.2, 0) is 9.53 Å². The van der Waals surface area contributed by atoms with Gasteiger partial charge in [-0.2, -0.15) is 0 Å². The Morgan fingerprint density at radius 2 is 2.00 bits per heavy atom. The highest BCUT2D eigenvalue weighted by molar-refractivity contribution is 6.30. The van der Waals surface area contributed by atoms with E-state index in [1.54, 1.807) is 24.3 Å². The zero-order chi connectivity index (χ0) is 12.7. The van der Waals surface area contributed by atoms with Crippen molar-refractivity contribution in [2.24, 2.45) is 4.99 Å². The maximum absolute atomic E-state index is 11.6. The van der Waals surface area contributed by atoms with Gasteiger partial charge in [-0.15, -0.1) is 0 Å². The number of methoxy groups -OCH3 is 1. The second-order valence-electron chi connectivity index (χ2n) is 3.23. The van der Waals surface area contributed by atoms with Crippen molar-refractivity contribution in [2.45, 2.75) is 6.42 Å². The summed E-state index contributed by atoms with van der Waals surface area (Å²) in [5, 5.41) is 0.584. The fourth-order valence-corrected chi connectivity index (χ4v) is 1.23. The van der Waals surface area contributed by atoms with Gasteiger partial charge in [0.2, 0.25) is 0 Å². The molecule has 1 aromatic rings. The minimum Gasteiger partial charge on any atom is -0.468 e. The molecule has 0 radical (unpaired) electrons. The van der Waals surface area contributed by atoms with Crippen LogP contribution < -0.4 is 0 Å². The van der Waals surface area contributed by atoms with Gasteiger partial charge in [0.25, 0.3) is 0 Å². The third-order valence-electron chi connectivity index (χ3n) is 2.02. The summed E-state index contributed by atoms with van der Waals surface area (Å²) in [5.74, 6) is -0.504. The molecule has 0 saturated carbocycles. The number of hydrogen-bond donors (Lipinski definition) is 0. The molecular formula is C12H12ClNO3. The van der Waals surface area contributed by atoms with E-state index in [0.29, 0.717) is 10.6 Å². The minimum absolute atomic E-state index is 0.0651. The predicted molar refractivity (Wildman–Crippen MR) is 65.8 cm³/mol. The molecule has 0 unspecified atom stereocenters. The monoisotopic (exact) mass is 253 g/mol. The molecule has 0 aliphatic carbocycles. The van der Waals surface area contributed by atoms with Gasteiger partial charge in [-0.3, -0.25) is 14.6 Å². The Morgan fingerprint density at radius 1 is 1.35 bits per heavy atom. The zero-order valence-electron chi connectivity index (χ0n) is 9.35. The lowest BCUT2D eigenvalue weighted by Crippen LogP contribution is -2.05. The topological polar surface area (TPSA) is 55.7 Å². The van der Waals surface area contributed by atoms with Crippen molar-refractivity contribution in [3.63, 3.8) is 0 Å². The van der Waals surface area contributed by atoms with Crippen LogP contribution in [0, 0.1) is 0 Å². The first-order valence-corrected chi connectivity index (χ1v) is 5.35. The molecule has 0 atom stereocenters. The van der Waals surface area contributed by atoms with Gasteiger partial charge in [-0.05, 0) is 24.3 Å². The average Bonchev–Trinajstić information content (AvgIpc) is 2.34. The number of ketones is 1. The van der Waals surface area contributed by atoms with Crippen molar-refractivity contribution in [2.75, 3.05) is 13.7 Å². The van der Waals surface area contributed by atoms with Gasteiger partial charge in [0.1, 0.15) is 6.54 Å². The first-order valence-electron chi connectivity index (χ1n) is 4.97. The summed E-state index contributed by atoms with van der Waals surface area (Å²) in [6.07, 6.45) is 1.56. The van der Waals surface area contributed by atoms with Crippen LogP contribution in [0.5, 0.6) is 0 Å². The number of carbonyl (C=O) groups excluding carboxylic acids is 2. The maximum Gasteiger partial charge on any atom is 0.327 e. The van der Waals surface area contributed by atoms with Gasteiger partial charge >= 0.3 is 5.97 Å². The van der Waals surface area contributed by atoms with E-state index in [9.17, 15) is 9.59 Å². The van der Waals surface area contributed by atoms with Crippen molar-refractivity contribution in [3.05, 3.63) is 34.9 Å². The quantitative estimate of drug-likeness (QED) is 0.459. The Balaban J connectivity index is 2.45. The van der Waals surface area contributed by atoms with E-state index in [1.807, 2.05) is 0 Å². The van der Waals surface area contributed by atoms with Crippen LogP contribution in [0.1, 0.15) is 16.8 Å². The van der Waals surface area contributed by atoms with Gasteiger partial charge in [0, 0.05) is 23.2 Å². The third-order valence-corrected chi connectivity index (χ3v) is 2.27. The van der Waals surface area contributed by atoms with Crippen LogP contribution in [-0.4, -0.2) is 31.6 Å². The van der Waals surface area contributed by atoms with E-state index >= 15 is 0 Å². The molecule has 0 heterocycles. The highest BCUT2D eigenvalue weighted by Gasteiger charge is 2.03. The lowest BCUT2D eigenvalue weighted by molar-refractivity contribution is -0.138. The van der Waals surface area contributed by atoms with Crippen LogP contribution in [0.3, 0.4) is 0 Å². The van der Waals surface area contributed by atoms with Crippen molar-refractivity contribution in [1.82, 2.24) is 0 Å². The van der Waals surface area contributed by atoms with Crippen LogP contribution in [0.15, 0.2) is 29.3 Å². The predicted octanol–water partition coefficient (Wildman–Crippen LogP) is 2.16. The number of aliphatic imine (C=N–C) groups is 1. The summed E-state index contributed by atoms with van der Waals surface area (Å²) in [5.41, 5.74) is 0.568. The number of Topliss-reactive ketones (excluding diaryl/α,β-unsaturated/α-hetero) is 1. The van der Waals surface area contributed by atoms with Crippen molar-refractivity contribution in [3.8, 4) is 0 Å². The molecule has 90 valence electrons. The van der Waals surface area contributed by atoms with Crippen LogP contribution in [0.25, 0.3) is 0 Å². The standard InChI is InChI=1S/C12H12ClNO3/c1-17-12(16)8-14-7-6-11(15)9-2-4-10(13)5-3-9/h2-5,7H,6,8H2,1H3. The van der Waals surface area contributed by atoms with E-state index in [1.165, 1.54) is 13.3 Å². The van der Waals surface area contributed by atoms with Crippen LogP contribution in [0.4, 0.5) is 0 Å². The first-order chi connectivity index (χ1) is 8.13. The molecular weight excluding hydrogens is 242 g/mol. The Labute approximate surface area is 104 Å². The summed E-state index contributed by atoms with van der Waals surface area (Å²) >= 11 is 5.70. The molecule has 4 nitrogen and oxygen atoms in total. The molecule has 0 aliphatic heterocycles. The summed E-state index contributed by atoms with van der Waals surface area (Å²) < 4.78 is 4.40. The third kappa shape index (κ3) is 4.78. The van der Waals surface area contributed by atoms with Gasteiger partial charge < -0.3 is 4.74 Å². The average molecular weight is 254 g/mol. The first kappa shape index (κ1) is 13.4. The summed E-state index contributed by atoms with van der Waals surface area (Å²) in [7, 11) is 1.29. The normalized spacial score (nSPS) is 10.5. The molecule has 5 heteroatoms. The van der Waals surface area contributed by atoms with E-state index in [2.05, 4.69) is 9.73 Å². The van der Waals surface area contributed by atoms with Gasteiger partial charge in [-0.1, -0.05) is 11.6 Å². The molecule has 0 fully saturated rings. The molecule has 17 heavy (non-hydrogen) atoms.